The molecule has 0 aliphatic rings. The highest BCUT2D eigenvalue weighted by Gasteiger charge is 2.22. The predicted molar refractivity (Wildman–Crippen MR) is 72.6 cm³/mol. The minimum atomic E-state index is 0.0158. The van der Waals surface area contributed by atoms with Crippen LogP contribution in [0.2, 0.25) is 0 Å². The Labute approximate surface area is 99.0 Å². The van der Waals surface area contributed by atoms with Gasteiger partial charge >= 0.3 is 0 Å². The molecule has 1 rings (SSSR count). The van der Waals surface area contributed by atoms with Gasteiger partial charge in [-0.25, -0.2) is 0 Å². The summed E-state index contributed by atoms with van der Waals surface area (Å²) in [5.74, 6) is 0. The first-order valence-electron chi connectivity index (χ1n) is 5.64. The maximum atomic E-state index is 3.78. The van der Waals surface area contributed by atoms with Gasteiger partial charge in [0.2, 0.25) is 0 Å². The third-order valence-electron chi connectivity index (χ3n) is 2.86. The number of benzene rings is 1. The van der Waals surface area contributed by atoms with Crippen molar-refractivity contribution in [3.63, 3.8) is 0 Å². The van der Waals surface area contributed by atoms with Gasteiger partial charge in [-0.05, 0) is 18.1 Å². The van der Waals surface area contributed by atoms with Gasteiger partial charge in [-0.3, -0.25) is 0 Å². The van der Waals surface area contributed by atoms with Gasteiger partial charge in [-0.15, -0.1) is 0 Å². The van der Waals surface area contributed by atoms with Gasteiger partial charge in [-0.1, -0.05) is 75.1 Å². The Hall–Kier alpha value is -1.56. The lowest BCUT2D eigenvalue weighted by Crippen LogP contribution is -2.19. The molecule has 0 saturated heterocycles. The Morgan fingerprint density at radius 3 is 2.31 bits per heavy atom. The van der Waals surface area contributed by atoms with Gasteiger partial charge in [0.15, 0.2) is 0 Å². The SMILES string of the molecule is C=C/C=C(\C=C/C)C(C)(C)c1ccccc1. The lowest BCUT2D eigenvalue weighted by Gasteiger charge is -2.27. The molecular weight excluding hydrogens is 192 g/mol. The second-order valence-electron chi connectivity index (χ2n) is 4.35. The largest absolute Gasteiger partial charge is 0.0991 e. The predicted octanol–water partition coefficient (Wildman–Crippen LogP) is 4.65. The molecule has 1 aromatic rings. The van der Waals surface area contributed by atoms with Crippen LogP contribution in [0.1, 0.15) is 26.3 Å². The van der Waals surface area contributed by atoms with E-state index in [1.54, 1.807) is 0 Å². The van der Waals surface area contributed by atoms with Crippen LogP contribution in [0.3, 0.4) is 0 Å². The summed E-state index contributed by atoms with van der Waals surface area (Å²) in [5.41, 5.74) is 2.61. The first-order valence-corrected chi connectivity index (χ1v) is 5.64. The van der Waals surface area contributed by atoms with Crippen molar-refractivity contribution in [1.82, 2.24) is 0 Å². The molecule has 0 atom stereocenters. The van der Waals surface area contributed by atoms with Crippen molar-refractivity contribution in [1.29, 1.82) is 0 Å². The second kappa shape index (κ2) is 5.50. The Kier molecular flexibility index (Phi) is 4.30. The molecule has 0 N–H and O–H groups in total. The summed E-state index contributed by atoms with van der Waals surface area (Å²) in [5, 5.41) is 0. The maximum absolute atomic E-state index is 3.78. The summed E-state index contributed by atoms with van der Waals surface area (Å²) in [6, 6.07) is 10.5. The highest BCUT2D eigenvalue weighted by molar-refractivity contribution is 5.41. The number of allylic oxidation sites excluding steroid dienone is 5. The third kappa shape index (κ3) is 2.73. The number of hydrogen-bond acceptors (Lipinski definition) is 0. The summed E-state index contributed by atoms with van der Waals surface area (Å²) >= 11 is 0. The second-order valence-corrected chi connectivity index (χ2v) is 4.35. The zero-order chi connectivity index (χ0) is 12.0. The fourth-order valence-corrected chi connectivity index (χ4v) is 1.80. The molecule has 0 aromatic heterocycles. The molecule has 0 heterocycles. The highest BCUT2D eigenvalue weighted by Crippen LogP contribution is 2.32. The summed E-state index contributed by atoms with van der Waals surface area (Å²) < 4.78 is 0. The van der Waals surface area contributed by atoms with E-state index >= 15 is 0 Å². The van der Waals surface area contributed by atoms with E-state index in [1.165, 1.54) is 11.1 Å². The van der Waals surface area contributed by atoms with Crippen LogP contribution in [0.5, 0.6) is 0 Å². The number of rotatable bonds is 4. The Balaban J connectivity index is 3.18. The van der Waals surface area contributed by atoms with Gasteiger partial charge in [0.1, 0.15) is 0 Å². The van der Waals surface area contributed by atoms with Crippen molar-refractivity contribution >= 4 is 0 Å². The fourth-order valence-electron chi connectivity index (χ4n) is 1.80. The molecule has 84 valence electrons. The van der Waals surface area contributed by atoms with E-state index in [1.807, 2.05) is 19.1 Å². The lowest BCUT2D eigenvalue weighted by molar-refractivity contribution is 0.639. The van der Waals surface area contributed by atoms with Gasteiger partial charge in [0.25, 0.3) is 0 Å². The maximum Gasteiger partial charge on any atom is 0.0146 e. The topological polar surface area (TPSA) is 0 Å². The van der Waals surface area contributed by atoms with E-state index in [0.29, 0.717) is 0 Å². The van der Waals surface area contributed by atoms with E-state index in [0.717, 1.165) is 0 Å². The van der Waals surface area contributed by atoms with Gasteiger partial charge in [0, 0.05) is 5.41 Å². The lowest BCUT2D eigenvalue weighted by atomic mass is 9.77. The van der Waals surface area contributed by atoms with Crippen LogP contribution in [0.15, 0.2) is 66.8 Å². The molecule has 0 radical (unpaired) electrons. The first-order chi connectivity index (χ1) is 7.62. The molecule has 0 fully saturated rings. The van der Waals surface area contributed by atoms with Gasteiger partial charge in [-0.2, -0.15) is 0 Å². The molecular formula is C16H20. The third-order valence-corrected chi connectivity index (χ3v) is 2.86. The van der Waals surface area contributed by atoms with Crippen LogP contribution < -0.4 is 0 Å². The molecule has 0 aliphatic carbocycles. The molecule has 1 aromatic carbocycles. The van der Waals surface area contributed by atoms with E-state index < -0.39 is 0 Å². The zero-order valence-corrected chi connectivity index (χ0v) is 10.4. The first kappa shape index (κ1) is 12.5. The molecule has 0 spiro atoms. The Morgan fingerprint density at radius 1 is 1.19 bits per heavy atom. The van der Waals surface area contributed by atoms with Crippen LogP contribution in [0.25, 0.3) is 0 Å². The fraction of sp³-hybridized carbons (Fsp3) is 0.250. The molecule has 0 nitrogen and oxygen atoms in total. The summed E-state index contributed by atoms with van der Waals surface area (Å²) in [6.07, 6.45) is 8.14. The van der Waals surface area contributed by atoms with Crippen molar-refractivity contribution in [3.8, 4) is 0 Å². The molecule has 0 unspecified atom stereocenters. The average Bonchev–Trinajstić information content (AvgIpc) is 2.30. The summed E-state index contributed by atoms with van der Waals surface area (Å²) in [7, 11) is 0. The van der Waals surface area contributed by atoms with Crippen LogP contribution >= 0.6 is 0 Å². The molecule has 0 amide bonds. The Bertz CT molecular complexity index is 391. The van der Waals surface area contributed by atoms with Gasteiger partial charge in [0.05, 0.1) is 0 Å². The monoisotopic (exact) mass is 212 g/mol. The molecule has 16 heavy (non-hydrogen) atoms. The van der Waals surface area contributed by atoms with Crippen molar-refractivity contribution in [2.24, 2.45) is 0 Å². The normalized spacial score (nSPS) is 13.1. The molecule has 0 saturated carbocycles. The van der Waals surface area contributed by atoms with Crippen molar-refractivity contribution < 1.29 is 0 Å². The minimum absolute atomic E-state index is 0.0158. The zero-order valence-electron chi connectivity index (χ0n) is 10.4. The highest BCUT2D eigenvalue weighted by atomic mass is 14.3. The van der Waals surface area contributed by atoms with Crippen LogP contribution in [-0.4, -0.2) is 0 Å². The van der Waals surface area contributed by atoms with Crippen LogP contribution in [0, 0.1) is 0 Å². The van der Waals surface area contributed by atoms with Crippen molar-refractivity contribution in [2.75, 3.05) is 0 Å². The molecule has 0 heteroatoms. The average molecular weight is 212 g/mol. The van der Waals surface area contributed by atoms with Crippen LogP contribution in [0.4, 0.5) is 0 Å². The quantitative estimate of drug-likeness (QED) is 0.637. The molecule has 0 aliphatic heterocycles. The Morgan fingerprint density at radius 2 is 1.81 bits per heavy atom. The van der Waals surface area contributed by atoms with E-state index in [4.69, 9.17) is 0 Å². The van der Waals surface area contributed by atoms with Gasteiger partial charge < -0.3 is 0 Å². The number of hydrogen-bond donors (Lipinski definition) is 0. The van der Waals surface area contributed by atoms with E-state index in [2.05, 4.69) is 62.9 Å². The van der Waals surface area contributed by atoms with Crippen LogP contribution in [-0.2, 0) is 5.41 Å². The smallest absolute Gasteiger partial charge is 0.0146 e. The standard InChI is InChI=1S/C16H20/c1-5-10-14(11-6-2)16(3,4)15-12-8-7-9-13-15/h5-13H,1H2,2-4H3/b11-6-,14-10+. The van der Waals surface area contributed by atoms with Crippen molar-refractivity contribution in [3.05, 3.63) is 72.4 Å². The van der Waals surface area contributed by atoms with Crippen molar-refractivity contribution in [2.45, 2.75) is 26.2 Å². The summed E-state index contributed by atoms with van der Waals surface area (Å²) in [4.78, 5) is 0. The summed E-state index contributed by atoms with van der Waals surface area (Å²) in [6.45, 7) is 10.3. The van der Waals surface area contributed by atoms with E-state index in [9.17, 15) is 0 Å². The molecule has 0 bridgehead atoms. The van der Waals surface area contributed by atoms with E-state index in [-0.39, 0.29) is 5.41 Å². The minimum Gasteiger partial charge on any atom is -0.0991 e.